The Kier molecular flexibility index (Phi) is 8.43. The molecule has 0 nitrogen and oxygen atoms in total. The number of aryl methyl sites for hydroxylation is 8. The zero-order chi connectivity index (χ0) is 34.2. The molecule has 4 aromatic carbocycles. The first-order chi connectivity index (χ1) is 25.7. The fourth-order valence-corrected chi connectivity index (χ4v) is 18.5. The zero-order valence-electron chi connectivity index (χ0n) is 29.0. The summed E-state index contributed by atoms with van der Waals surface area (Å²) in [5, 5.41) is 0. The summed E-state index contributed by atoms with van der Waals surface area (Å²) in [6.07, 6.45) is 12.7. The Hall–Kier alpha value is -2.86. The average Bonchev–Trinajstić information content (AvgIpc) is 4.00. The average molecular weight is 931 g/mol. The molecule has 254 valence electrons. The van der Waals surface area contributed by atoms with E-state index in [1.807, 2.05) is 0 Å². The van der Waals surface area contributed by atoms with Gasteiger partial charge in [-0.05, 0) is 0 Å². The van der Waals surface area contributed by atoms with E-state index in [2.05, 4.69) is 113 Å². The zero-order valence-corrected chi connectivity index (χ0v) is 35.9. The van der Waals surface area contributed by atoms with Gasteiger partial charge in [-0.1, -0.05) is 0 Å². The molecule has 8 aliphatic carbocycles. The number of hydrogen-bond donors (Lipinski definition) is 0. The second kappa shape index (κ2) is 13.5. The van der Waals surface area contributed by atoms with Crippen LogP contribution in [0.3, 0.4) is 0 Å². The van der Waals surface area contributed by atoms with Crippen molar-refractivity contribution in [2.24, 2.45) is 0 Å². The van der Waals surface area contributed by atoms with Crippen LogP contribution in [-0.2, 0) is 51.4 Å². The van der Waals surface area contributed by atoms with Crippen LogP contribution in [0, 0.1) is 0 Å². The van der Waals surface area contributed by atoms with Gasteiger partial charge in [0.1, 0.15) is 0 Å². The molecule has 10 aliphatic rings. The molecule has 3 aromatic heterocycles. The Labute approximate surface area is 331 Å². The van der Waals surface area contributed by atoms with Gasteiger partial charge in [0.2, 0.25) is 0 Å². The second-order valence-corrected chi connectivity index (χ2v) is 23.7. The van der Waals surface area contributed by atoms with E-state index in [9.17, 15) is 0 Å². The van der Waals surface area contributed by atoms with Crippen LogP contribution in [0.25, 0.3) is 45.6 Å². The van der Waals surface area contributed by atoms with Crippen LogP contribution in [-0.4, -0.2) is 58.5 Å². The van der Waals surface area contributed by atoms with Gasteiger partial charge in [0.05, 0.1) is 0 Å². The van der Waals surface area contributed by atoms with Gasteiger partial charge >= 0.3 is 334 Å². The Morgan fingerprint density at radius 3 is 1.48 bits per heavy atom. The molecule has 0 spiro atoms. The SMILES string of the molecule is C1=C2[Se]C(C1)c1cc3ccc1CCc1ccc(c(c1)-c1cc(c[se]1)-c1c[se]c(c1)-c1cc4ccc1CCc1ccc(c(c1)-c1ccc2[se]1)CC4)CC3. The molecule has 7 aromatic rings. The van der Waals surface area contributed by atoms with Crippen molar-refractivity contribution in [2.75, 3.05) is 0 Å². The molecule has 52 heavy (non-hydrogen) atoms. The second-order valence-electron chi connectivity index (χ2n) is 15.0. The Balaban J connectivity index is 1.05. The third-order valence-electron chi connectivity index (χ3n) is 11.8. The van der Waals surface area contributed by atoms with Gasteiger partial charge in [0.25, 0.3) is 0 Å². The summed E-state index contributed by atoms with van der Waals surface area (Å²) in [6, 6.07) is 40.1. The van der Waals surface area contributed by atoms with Crippen LogP contribution in [0.5, 0.6) is 0 Å². The van der Waals surface area contributed by atoms with Crippen LogP contribution in [0.2, 0.25) is 0 Å². The van der Waals surface area contributed by atoms with Gasteiger partial charge in [-0.25, -0.2) is 0 Å². The van der Waals surface area contributed by atoms with Gasteiger partial charge in [0.15, 0.2) is 0 Å². The van der Waals surface area contributed by atoms with Crippen molar-refractivity contribution in [1.29, 1.82) is 0 Å². The normalized spacial score (nSPS) is 17.2. The summed E-state index contributed by atoms with van der Waals surface area (Å²) < 4.78 is 8.04. The third-order valence-corrected chi connectivity index (χ3v) is 21.8. The summed E-state index contributed by atoms with van der Waals surface area (Å²) >= 11 is 1.55. The van der Waals surface area contributed by atoms with Gasteiger partial charge in [0, 0.05) is 0 Å². The molecule has 1 unspecified atom stereocenters. The van der Waals surface area contributed by atoms with Crippen molar-refractivity contribution in [3.8, 4) is 41.1 Å². The topological polar surface area (TPSA) is 0 Å². The Morgan fingerprint density at radius 1 is 0.423 bits per heavy atom. The fourth-order valence-electron chi connectivity index (χ4n) is 8.81. The number of allylic oxidation sites excluding steroid dienone is 1. The molecule has 0 radical (unpaired) electrons. The molecule has 0 N–H and O–H groups in total. The summed E-state index contributed by atoms with van der Waals surface area (Å²) in [4.78, 5) is 5.79. The summed E-state index contributed by atoms with van der Waals surface area (Å²) in [7, 11) is 0. The predicted octanol–water partition coefficient (Wildman–Crippen LogP) is 9.80. The monoisotopic (exact) mass is 934 g/mol. The van der Waals surface area contributed by atoms with E-state index in [1.165, 1.54) is 73.2 Å². The van der Waals surface area contributed by atoms with Crippen molar-refractivity contribution in [3.63, 3.8) is 0 Å². The van der Waals surface area contributed by atoms with Crippen LogP contribution in [0.15, 0.2) is 113 Å². The number of hydrogen-bond acceptors (Lipinski definition) is 0. The first-order valence-corrected chi connectivity index (χ1v) is 26.0. The molecule has 5 heterocycles. The molecule has 17 rings (SSSR count). The standard InChI is InChI=1S/C48H38Se4/c1-9-33-11-3-31-7-15-35-13-5-29(1)21-39(33)43-17-19-45(51-43)46-20-18-44(52-46)40-22-30-2-10-34(40)12-4-32-8-16-36(14-6-30)42(24-32)48-26-38(28-50-48)37-25-47(49-27-37)41(35)23-31/h1-2,7-10,15-17,19-28,44H,3-6,11-14,18H2. The third kappa shape index (κ3) is 6.02. The van der Waals surface area contributed by atoms with E-state index in [-0.39, 0.29) is 0 Å². The van der Waals surface area contributed by atoms with E-state index in [0.29, 0.717) is 63.3 Å². The minimum absolute atomic E-state index is 0.354. The summed E-state index contributed by atoms with van der Waals surface area (Å²) in [5.41, 5.74) is 21.3. The van der Waals surface area contributed by atoms with E-state index >= 15 is 0 Å². The van der Waals surface area contributed by atoms with E-state index in [1.54, 1.807) is 33.3 Å². The van der Waals surface area contributed by atoms with Crippen LogP contribution < -0.4 is 0 Å². The minimum atomic E-state index is 0.354. The predicted molar refractivity (Wildman–Crippen MR) is 223 cm³/mol. The molecule has 1 atom stereocenters. The summed E-state index contributed by atoms with van der Waals surface area (Å²) in [6.45, 7) is 0. The van der Waals surface area contributed by atoms with Gasteiger partial charge in [-0.2, -0.15) is 0 Å². The van der Waals surface area contributed by atoms with Gasteiger partial charge in [-0.15, -0.1) is 0 Å². The van der Waals surface area contributed by atoms with E-state index in [4.69, 9.17) is 0 Å². The number of benzene rings is 4. The van der Waals surface area contributed by atoms with E-state index in [0.717, 1.165) is 51.4 Å². The molecule has 0 saturated carbocycles. The molecule has 0 amide bonds. The molecule has 2 aliphatic heterocycles. The Bertz CT molecular complexity index is 2550. The number of fused-ring (bicyclic) bond motifs is 10. The van der Waals surface area contributed by atoms with Crippen molar-refractivity contribution in [1.82, 2.24) is 0 Å². The van der Waals surface area contributed by atoms with Crippen LogP contribution in [0.4, 0.5) is 0 Å². The van der Waals surface area contributed by atoms with Crippen molar-refractivity contribution in [3.05, 3.63) is 168 Å². The molecular formula is C48H38Se4. The number of rotatable bonds is 0. The van der Waals surface area contributed by atoms with Crippen molar-refractivity contribution >= 4 is 62.9 Å². The van der Waals surface area contributed by atoms with Crippen LogP contribution >= 0.6 is 0 Å². The molecule has 0 fully saturated rings. The molecule has 20 bridgehead atoms. The maximum absolute atomic E-state index is 2.63. The first kappa shape index (κ1) is 32.6. The first-order valence-electron chi connectivity index (χ1n) is 18.8. The molecular weight excluding hydrogens is 892 g/mol. The van der Waals surface area contributed by atoms with E-state index < -0.39 is 0 Å². The van der Waals surface area contributed by atoms with Crippen LogP contribution in [0.1, 0.15) is 65.7 Å². The maximum atomic E-state index is 2.63. The van der Waals surface area contributed by atoms with Crippen molar-refractivity contribution < 1.29 is 0 Å². The van der Waals surface area contributed by atoms with Gasteiger partial charge < -0.3 is 0 Å². The molecule has 4 heteroatoms. The quantitative estimate of drug-likeness (QED) is 0.133. The summed E-state index contributed by atoms with van der Waals surface area (Å²) in [5.74, 6) is 0. The molecule has 0 saturated heterocycles. The Morgan fingerprint density at radius 2 is 0.904 bits per heavy atom. The van der Waals surface area contributed by atoms with Gasteiger partial charge in [-0.3, -0.25) is 0 Å². The van der Waals surface area contributed by atoms with Crippen molar-refractivity contribution in [2.45, 2.75) is 62.6 Å². The fraction of sp³-hybridized carbons (Fsp3) is 0.208.